The molecule has 0 saturated carbocycles. The van der Waals surface area contributed by atoms with Crippen LogP contribution in [0.15, 0.2) is 23.4 Å². The molecule has 84 valence electrons. The van der Waals surface area contributed by atoms with Gasteiger partial charge in [-0.25, -0.2) is 13.6 Å². The molecule has 1 heterocycles. The van der Waals surface area contributed by atoms with Gasteiger partial charge in [0.1, 0.15) is 11.6 Å². The van der Waals surface area contributed by atoms with Crippen LogP contribution >= 0.6 is 0 Å². The van der Waals surface area contributed by atoms with Crippen LogP contribution in [0.4, 0.5) is 8.78 Å². The summed E-state index contributed by atoms with van der Waals surface area (Å²) in [5.41, 5.74) is 0.232. The average Bonchev–Trinajstić information content (AvgIpc) is 2.66. The van der Waals surface area contributed by atoms with Crippen molar-refractivity contribution in [1.29, 1.82) is 0 Å². The van der Waals surface area contributed by atoms with E-state index in [2.05, 4.69) is 9.99 Å². The summed E-state index contributed by atoms with van der Waals surface area (Å²) in [7, 11) is 0. The van der Waals surface area contributed by atoms with Crippen molar-refractivity contribution < 1.29 is 23.5 Å². The van der Waals surface area contributed by atoms with Gasteiger partial charge in [-0.3, -0.25) is 0 Å². The minimum Gasteiger partial charge on any atom is -0.478 e. The number of nitrogens with zero attached hydrogens (tertiary/aromatic N) is 1. The van der Waals surface area contributed by atoms with Crippen LogP contribution in [0.25, 0.3) is 0 Å². The van der Waals surface area contributed by atoms with Crippen molar-refractivity contribution in [2.45, 2.75) is 12.5 Å². The quantitative estimate of drug-likeness (QED) is 0.833. The number of aliphatic carboxylic acids is 1. The molecule has 0 spiro atoms. The molecule has 0 saturated heterocycles. The molecule has 0 radical (unpaired) electrons. The molecule has 0 bridgehead atoms. The molecule has 1 unspecified atom stereocenters. The first-order chi connectivity index (χ1) is 7.58. The van der Waals surface area contributed by atoms with E-state index in [1.54, 1.807) is 0 Å². The molecule has 2 rings (SSSR count). The van der Waals surface area contributed by atoms with E-state index < -0.39 is 23.7 Å². The molecule has 0 fully saturated rings. The molecule has 4 nitrogen and oxygen atoms in total. The second-order valence-corrected chi connectivity index (χ2v) is 3.30. The molecule has 0 aliphatic carbocycles. The fourth-order valence-corrected chi connectivity index (χ4v) is 1.39. The normalized spacial score (nSPS) is 19.1. The van der Waals surface area contributed by atoms with E-state index in [0.29, 0.717) is 6.07 Å². The van der Waals surface area contributed by atoms with Crippen molar-refractivity contribution in [3.05, 3.63) is 35.4 Å². The molecular formula is C10H7F2NO3. The van der Waals surface area contributed by atoms with Crippen LogP contribution in [0.3, 0.4) is 0 Å². The Morgan fingerprint density at radius 3 is 2.81 bits per heavy atom. The minimum absolute atomic E-state index is 0.0299. The van der Waals surface area contributed by atoms with Gasteiger partial charge in [0, 0.05) is 18.1 Å². The van der Waals surface area contributed by atoms with E-state index in [1.165, 1.54) is 6.07 Å². The standard InChI is InChI=1S/C10H7F2NO3/c11-5-1-2-6(7(12)3-5)8-4-9(10(14)15)16-13-8/h1-3,9H,4H2,(H,14,15). The highest BCUT2D eigenvalue weighted by Crippen LogP contribution is 2.19. The Kier molecular flexibility index (Phi) is 2.55. The van der Waals surface area contributed by atoms with Gasteiger partial charge < -0.3 is 9.94 Å². The summed E-state index contributed by atoms with van der Waals surface area (Å²) < 4.78 is 25.9. The second kappa shape index (κ2) is 3.88. The third-order valence-electron chi connectivity index (χ3n) is 2.19. The summed E-state index contributed by atoms with van der Waals surface area (Å²) in [5.74, 6) is -2.65. The Labute approximate surface area is 89.1 Å². The molecule has 1 N–H and O–H groups in total. The predicted molar refractivity (Wildman–Crippen MR) is 50.0 cm³/mol. The molecule has 1 atom stereocenters. The van der Waals surface area contributed by atoms with E-state index in [4.69, 9.17) is 5.11 Å². The summed E-state index contributed by atoms with van der Waals surface area (Å²) in [4.78, 5) is 15.2. The second-order valence-electron chi connectivity index (χ2n) is 3.30. The van der Waals surface area contributed by atoms with E-state index in [0.717, 1.165) is 6.07 Å². The maximum atomic E-state index is 13.3. The van der Waals surface area contributed by atoms with Gasteiger partial charge in [0.25, 0.3) is 0 Å². The highest BCUT2D eigenvalue weighted by Gasteiger charge is 2.29. The van der Waals surface area contributed by atoms with E-state index in [-0.39, 0.29) is 17.7 Å². The summed E-state index contributed by atoms with van der Waals surface area (Å²) in [6, 6.07) is 3.00. The van der Waals surface area contributed by atoms with E-state index >= 15 is 0 Å². The van der Waals surface area contributed by atoms with E-state index in [1.807, 2.05) is 0 Å². The molecule has 1 aliphatic heterocycles. The van der Waals surface area contributed by atoms with Crippen LogP contribution < -0.4 is 0 Å². The Bertz CT molecular complexity index is 473. The van der Waals surface area contributed by atoms with Gasteiger partial charge in [-0.05, 0) is 12.1 Å². The van der Waals surface area contributed by atoms with Crippen LogP contribution in [0, 0.1) is 11.6 Å². The van der Waals surface area contributed by atoms with Crippen LogP contribution in [0.5, 0.6) is 0 Å². The monoisotopic (exact) mass is 227 g/mol. The molecule has 1 aliphatic rings. The largest absolute Gasteiger partial charge is 0.478 e. The van der Waals surface area contributed by atoms with Gasteiger partial charge in [-0.2, -0.15) is 0 Å². The summed E-state index contributed by atoms with van der Waals surface area (Å²) in [6.45, 7) is 0. The third kappa shape index (κ3) is 1.86. The zero-order chi connectivity index (χ0) is 11.7. The zero-order valence-corrected chi connectivity index (χ0v) is 7.98. The van der Waals surface area contributed by atoms with Crippen LogP contribution in [0.2, 0.25) is 0 Å². The SMILES string of the molecule is O=C(O)C1CC(c2ccc(F)cc2F)=NO1. The number of carboxylic acids is 1. The molecule has 0 amide bonds. The van der Waals surface area contributed by atoms with Crippen molar-refractivity contribution in [3.8, 4) is 0 Å². The highest BCUT2D eigenvalue weighted by atomic mass is 19.1. The van der Waals surface area contributed by atoms with Crippen molar-refractivity contribution in [2.24, 2.45) is 5.16 Å². The van der Waals surface area contributed by atoms with Gasteiger partial charge in [0.2, 0.25) is 6.10 Å². The number of carboxylic acid groups (broad SMARTS) is 1. The van der Waals surface area contributed by atoms with Gasteiger partial charge in [-0.1, -0.05) is 5.16 Å². The molecule has 1 aromatic carbocycles. The summed E-state index contributed by atoms with van der Waals surface area (Å²) in [5, 5.41) is 12.1. The summed E-state index contributed by atoms with van der Waals surface area (Å²) >= 11 is 0. The molecule has 16 heavy (non-hydrogen) atoms. The Morgan fingerprint density at radius 1 is 1.50 bits per heavy atom. The van der Waals surface area contributed by atoms with Gasteiger partial charge in [-0.15, -0.1) is 0 Å². The van der Waals surface area contributed by atoms with Crippen molar-refractivity contribution in [3.63, 3.8) is 0 Å². The number of rotatable bonds is 2. The first kappa shape index (κ1) is 10.5. The molecular weight excluding hydrogens is 220 g/mol. The van der Waals surface area contributed by atoms with Gasteiger partial charge >= 0.3 is 5.97 Å². The highest BCUT2D eigenvalue weighted by molar-refractivity contribution is 6.03. The van der Waals surface area contributed by atoms with Crippen molar-refractivity contribution in [2.75, 3.05) is 0 Å². The summed E-state index contributed by atoms with van der Waals surface area (Å²) in [6.07, 6.45) is -1.13. The van der Waals surface area contributed by atoms with Crippen LogP contribution in [-0.2, 0) is 9.63 Å². The van der Waals surface area contributed by atoms with Crippen molar-refractivity contribution >= 4 is 11.7 Å². The lowest BCUT2D eigenvalue weighted by molar-refractivity contribution is -0.148. The van der Waals surface area contributed by atoms with Gasteiger partial charge in [0.15, 0.2) is 0 Å². The lowest BCUT2D eigenvalue weighted by Crippen LogP contribution is -2.20. The number of hydrogen-bond donors (Lipinski definition) is 1. The van der Waals surface area contributed by atoms with Crippen molar-refractivity contribution in [1.82, 2.24) is 0 Å². The zero-order valence-electron chi connectivity index (χ0n) is 7.98. The number of hydrogen-bond acceptors (Lipinski definition) is 3. The predicted octanol–water partition coefficient (Wildman–Crippen LogP) is 1.54. The first-order valence-electron chi connectivity index (χ1n) is 4.49. The van der Waals surface area contributed by atoms with E-state index in [9.17, 15) is 13.6 Å². The Balaban J connectivity index is 2.24. The topological polar surface area (TPSA) is 58.9 Å². The maximum absolute atomic E-state index is 13.3. The fourth-order valence-electron chi connectivity index (χ4n) is 1.39. The maximum Gasteiger partial charge on any atom is 0.348 e. The lowest BCUT2D eigenvalue weighted by atomic mass is 10.0. The van der Waals surface area contributed by atoms with Gasteiger partial charge in [0.05, 0.1) is 5.71 Å². The fraction of sp³-hybridized carbons (Fsp3) is 0.200. The average molecular weight is 227 g/mol. The molecule has 1 aromatic rings. The molecule has 6 heteroatoms. The third-order valence-corrected chi connectivity index (χ3v) is 2.19. The lowest BCUT2D eigenvalue weighted by Gasteiger charge is -2.01. The number of halogens is 2. The first-order valence-corrected chi connectivity index (χ1v) is 4.49. The van der Waals surface area contributed by atoms with Crippen LogP contribution in [-0.4, -0.2) is 22.9 Å². The van der Waals surface area contributed by atoms with Crippen LogP contribution in [0.1, 0.15) is 12.0 Å². The Morgan fingerprint density at radius 2 is 2.25 bits per heavy atom. The molecule has 0 aromatic heterocycles. The minimum atomic E-state index is -1.17. The Hall–Kier alpha value is -1.98. The number of carbonyl (C=O) groups is 1. The smallest absolute Gasteiger partial charge is 0.348 e. The number of benzene rings is 1. The number of oxime groups is 1.